The van der Waals surface area contributed by atoms with Crippen LogP contribution in [0, 0.1) is 11.3 Å². The van der Waals surface area contributed by atoms with Gasteiger partial charge in [-0.05, 0) is 20.8 Å². The maximum Gasteiger partial charge on any atom is 0.408 e. The zero-order valence-corrected chi connectivity index (χ0v) is 9.07. The van der Waals surface area contributed by atoms with Crippen molar-refractivity contribution in [1.29, 1.82) is 5.26 Å². The van der Waals surface area contributed by atoms with E-state index in [-0.39, 0.29) is 13.1 Å². The minimum absolute atomic E-state index is 0.115. The average molecular weight is 213 g/mol. The summed E-state index contributed by atoms with van der Waals surface area (Å²) in [4.78, 5) is 23.0. The zero-order chi connectivity index (χ0) is 12.1. The van der Waals surface area contributed by atoms with Gasteiger partial charge in [-0.15, -0.1) is 0 Å². The predicted molar refractivity (Wildman–Crippen MR) is 53.1 cm³/mol. The molecule has 6 heteroatoms. The second-order valence-corrected chi connectivity index (χ2v) is 3.97. The first-order chi connectivity index (χ1) is 6.79. The monoisotopic (exact) mass is 213 g/mol. The molecule has 2 N–H and O–H groups in total. The number of nitrogens with zero attached hydrogens (tertiary/aromatic N) is 2. The standard InChI is InChI=1S/C9H15N3O3/c1-9(2,3)12(8(14)15)6-7(13)11-5-4-10/h5-6H2,1-3H3,(H,11,13)(H,14,15). The van der Waals surface area contributed by atoms with Gasteiger partial charge >= 0.3 is 6.09 Å². The number of hydrogen-bond acceptors (Lipinski definition) is 3. The van der Waals surface area contributed by atoms with Crippen LogP contribution < -0.4 is 5.32 Å². The normalized spacial score (nSPS) is 10.3. The van der Waals surface area contributed by atoms with Crippen LogP contribution in [0.15, 0.2) is 0 Å². The van der Waals surface area contributed by atoms with E-state index in [0.29, 0.717) is 0 Å². The summed E-state index contributed by atoms with van der Waals surface area (Å²) in [5.41, 5.74) is -0.643. The first kappa shape index (κ1) is 13.2. The highest BCUT2D eigenvalue weighted by molar-refractivity contribution is 5.82. The molecule has 0 spiro atoms. The van der Waals surface area contributed by atoms with E-state index in [2.05, 4.69) is 5.32 Å². The van der Waals surface area contributed by atoms with E-state index in [1.165, 1.54) is 0 Å². The van der Waals surface area contributed by atoms with Crippen LogP contribution in [0.4, 0.5) is 4.79 Å². The summed E-state index contributed by atoms with van der Waals surface area (Å²) in [6.45, 7) is 4.70. The Bertz CT molecular complexity index is 288. The van der Waals surface area contributed by atoms with Gasteiger partial charge < -0.3 is 10.4 Å². The Kier molecular flexibility index (Phi) is 4.58. The van der Waals surface area contributed by atoms with Gasteiger partial charge in [-0.25, -0.2) is 4.79 Å². The van der Waals surface area contributed by atoms with Crippen LogP contribution in [0.25, 0.3) is 0 Å². The molecule has 0 unspecified atom stereocenters. The Morgan fingerprint density at radius 1 is 1.47 bits per heavy atom. The van der Waals surface area contributed by atoms with Crippen LogP contribution in [-0.4, -0.2) is 40.6 Å². The minimum atomic E-state index is -1.16. The fourth-order valence-electron chi connectivity index (χ4n) is 0.929. The Morgan fingerprint density at radius 2 is 2.00 bits per heavy atom. The molecule has 0 radical (unpaired) electrons. The lowest BCUT2D eigenvalue weighted by molar-refractivity contribution is -0.122. The van der Waals surface area contributed by atoms with Gasteiger partial charge in [0.05, 0.1) is 6.07 Å². The van der Waals surface area contributed by atoms with E-state index < -0.39 is 17.5 Å². The molecule has 0 aromatic heterocycles. The molecule has 0 saturated heterocycles. The van der Waals surface area contributed by atoms with Gasteiger partial charge in [0.15, 0.2) is 0 Å². The highest BCUT2D eigenvalue weighted by atomic mass is 16.4. The van der Waals surface area contributed by atoms with Crippen molar-refractivity contribution in [2.45, 2.75) is 26.3 Å². The van der Waals surface area contributed by atoms with Crippen LogP contribution in [0.5, 0.6) is 0 Å². The number of carbonyl (C=O) groups excluding carboxylic acids is 1. The quantitative estimate of drug-likeness (QED) is 0.664. The number of carboxylic acid groups (broad SMARTS) is 1. The van der Waals surface area contributed by atoms with Crippen LogP contribution in [0.1, 0.15) is 20.8 Å². The molecule has 0 aromatic rings. The van der Waals surface area contributed by atoms with E-state index in [1.807, 2.05) is 0 Å². The van der Waals surface area contributed by atoms with E-state index in [1.54, 1.807) is 26.8 Å². The number of carbonyl (C=O) groups is 2. The molecule has 0 bridgehead atoms. The lowest BCUT2D eigenvalue weighted by Gasteiger charge is -2.32. The average Bonchev–Trinajstić information content (AvgIpc) is 2.08. The predicted octanol–water partition coefficient (Wildman–Crippen LogP) is 0.405. The molecule has 0 aliphatic carbocycles. The van der Waals surface area contributed by atoms with Gasteiger partial charge in [-0.2, -0.15) is 5.26 Å². The number of hydrogen-bond donors (Lipinski definition) is 2. The molecule has 0 aliphatic heterocycles. The van der Waals surface area contributed by atoms with E-state index in [0.717, 1.165) is 4.90 Å². The van der Waals surface area contributed by atoms with Crippen molar-refractivity contribution in [1.82, 2.24) is 10.2 Å². The smallest absolute Gasteiger partial charge is 0.408 e. The third-order valence-electron chi connectivity index (χ3n) is 1.71. The Morgan fingerprint density at radius 3 is 2.33 bits per heavy atom. The summed E-state index contributed by atoms with van der Waals surface area (Å²) >= 11 is 0. The molecular formula is C9H15N3O3. The maximum atomic E-state index is 11.2. The van der Waals surface area contributed by atoms with Crippen molar-refractivity contribution in [3.63, 3.8) is 0 Å². The number of nitriles is 1. The molecule has 6 nitrogen and oxygen atoms in total. The van der Waals surface area contributed by atoms with Crippen molar-refractivity contribution in [3.05, 3.63) is 0 Å². The van der Waals surface area contributed by atoms with E-state index in [4.69, 9.17) is 10.4 Å². The summed E-state index contributed by atoms with van der Waals surface area (Å²) in [5.74, 6) is -0.478. The van der Waals surface area contributed by atoms with Gasteiger partial charge in [0.25, 0.3) is 0 Å². The van der Waals surface area contributed by atoms with E-state index in [9.17, 15) is 9.59 Å². The van der Waals surface area contributed by atoms with Gasteiger partial charge in [0.2, 0.25) is 5.91 Å². The van der Waals surface area contributed by atoms with Crippen LogP contribution in [-0.2, 0) is 4.79 Å². The number of amides is 2. The molecule has 0 atom stereocenters. The molecule has 2 amide bonds. The number of nitrogens with one attached hydrogen (secondary N) is 1. The molecule has 0 rings (SSSR count). The first-order valence-electron chi connectivity index (χ1n) is 4.43. The molecule has 0 heterocycles. The minimum Gasteiger partial charge on any atom is -0.465 e. The fraction of sp³-hybridized carbons (Fsp3) is 0.667. The largest absolute Gasteiger partial charge is 0.465 e. The Balaban J connectivity index is 4.39. The van der Waals surface area contributed by atoms with Crippen molar-refractivity contribution in [2.24, 2.45) is 0 Å². The maximum absolute atomic E-state index is 11.2. The summed E-state index contributed by atoms with van der Waals surface area (Å²) in [6.07, 6.45) is -1.16. The summed E-state index contributed by atoms with van der Waals surface area (Å²) in [7, 11) is 0. The highest BCUT2D eigenvalue weighted by Gasteiger charge is 2.27. The molecule has 15 heavy (non-hydrogen) atoms. The third kappa shape index (κ3) is 4.86. The van der Waals surface area contributed by atoms with Crippen LogP contribution in [0.3, 0.4) is 0 Å². The zero-order valence-electron chi connectivity index (χ0n) is 9.07. The number of rotatable bonds is 3. The van der Waals surface area contributed by atoms with Crippen LogP contribution in [0.2, 0.25) is 0 Å². The SMILES string of the molecule is CC(C)(C)N(CC(=O)NCC#N)C(=O)O. The lowest BCUT2D eigenvalue weighted by Crippen LogP contribution is -2.49. The summed E-state index contributed by atoms with van der Waals surface area (Å²) in [6, 6.07) is 1.74. The first-order valence-corrected chi connectivity index (χ1v) is 4.43. The lowest BCUT2D eigenvalue weighted by atomic mass is 10.1. The van der Waals surface area contributed by atoms with Crippen molar-refractivity contribution >= 4 is 12.0 Å². The summed E-state index contributed by atoms with van der Waals surface area (Å²) in [5, 5.41) is 19.4. The van der Waals surface area contributed by atoms with Crippen molar-refractivity contribution < 1.29 is 14.7 Å². The van der Waals surface area contributed by atoms with Crippen molar-refractivity contribution in [2.75, 3.05) is 13.1 Å². The van der Waals surface area contributed by atoms with Crippen LogP contribution >= 0.6 is 0 Å². The van der Waals surface area contributed by atoms with Gasteiger partial charge in [-0.1, -0.05) is 0 Å². The Labute approximate surface area is 88.5 Å². The summed E-state index contributed by atoms with van der Waals surface area (Å²) < 4.78 is 0. The third-order valence-corrected chi connectivity index (χ3v) is 1.71. The highest BCUT2D eigenvalue weighted by Crippen LogP contribution is 2.12. The molecule has 84 valence electrons. The second kappa shape index (κ2) is 5.20. The van der Waals surface area contributed by atoms with E-state index >= 15 is 0 Å². The molecule has 0 saturated carbocycles. The van der Waals surface area contributed by atoms with Crippen molar-refractivity contribution in [3.8, 4) is 6.07 Å². The molecule has 0 aromatic carbocycles. The Hall–Kier alpha value is -1.77. The van der Waals surface area contributed by atoms with Gasteiger partial charge in [0.1, 0.15) is 13.1 Å². The molecule has 0 aliphatic rings. The molecular weight excluding hydrogens is 198 g/mol. The van der Waals surface area contributed by atoms with Gasteiger partial charge in [0, 0.05) is 5.54 Å². The van der Waals surface area contributed by atoms with Gasteiger partial charge in [-0.3, -0.25) is 9.69 Å². The fourth-order valence-corrected chi connectivity index (χ4v) is 0.929. The topological polar surface area (TPSA) is 93.4 Å². The second-order valence-electron chi connectivity index (χ2n) is 3.97. The molecule has 0 fully saturated rings.